The van der Waals surface area contributed by atoms with Crippen LogP contribution in [0.5, 0.6) is 0 Å². The highest BCUT2D eigenvalue weighted by atomic mass is 19.1. The number of nitrogens with one attached hydrogen (secondary N) is 1. The Kier molecular flexibility index (Phi) is 3.57. The van der Waals surface area contributed by atoms with Gasteiger partial charge in [0.2, 0.25) is 0 Å². The summed E-state index contributed by atoms with van der Waals surface area (Å²) in [5, 5.41) is 4.59. The smallest absolute Gasteiger partial charge is 0.123 e. The van der Waals surface area contributed by atoms with E-state index in [-0.39, 0.29) is 11.9 Å². The van der Waals surface area contributed by atoms with Gasteiger partial charge in [-0.3, -0.25) is 4.98 Å². The number of aromatic nitrogens is 1. The number of benzene rings is 2. The molecule has 0 saturated heterocycles. The van der Waals surface area contributed by atoms with Crippen molar-refractivity contribution in [2.24, 2.45) is 0 Å². The zero-order chi connectivity index (χ0) is 14.8. The van der Waals surface area contributed by atoms with Gasteiger partial charge in [0.05, 0.1) is 5.52 Å². The molecule has 0 aliphatic heterocycles. The quantitative estimate of drug-likeness (QED) is 0.741. The first-order valence-corrected chi connectivity index (χ1v) is 7.02. The molecule has 3 aromatic rings. The minimum atomic E-state index is -0.212. The average molecular weight is 280 g/mol. The normalized spacial score (nSPS) is 12.3. The second-order valence-electron chi connectivity index (χ2n) is 5.25. The minimum Gasteiger partial charge on any atom is -0.378 e. The lowest BCUT2D eigenvalue weighted by atomic mass is 10.1. The van der Waals surface area contributed by atoms with E-state index in [2.05, 4.69) is 23.3 Å². The molecule has 1 heterocycles. The molecule has 1 N–H and O–H groups in total. The van der Waals surface area contributed by atoms with Crippen molar-refractivity contribution in [3.63, 3.8) is 0 Å². The number of pyridine rings is 1. The van der Waals surface area contributed by atoms with E-state index < -0.39 is 0 Å². The molecule has 0 amide bonds. The van der Waals surface area contributed by atoms with Crippen molar-refractivity contribution >= 4 is 16.6 Å². The monoisotopic (exact) mass is 280 g/mol. The van der Waals surface area contributed by atoms with Crippen molar-refractivity contribution in [1.29, 1.82) is 0 Å². The fourth-order valence-electron chi connectivity index (χ4n) is 2.50. The third-order valence-corrected chi connectivity index (χ3v) is 3.59. The molecule has 0 radical (unpaired) electrons. The first kappa shape index (κ1) is 13.6. The molecule has 0 aliphatic rings. The number of nitrogens with zero attached hydrogens (tertiary/aromatic N) is 1. The summed E-state index contributed by atoms with van der Waals surface area (Å²) in [6.45, 7) is 4.05. The second-order valence-corrected chi connectivity index (χ2v) is 5.25. The van der Waals surface area contributed by atoms with Gasteiger partial charge in [0.25, 0.3) is 0 Å². The molecule has 3 rings (SSSR count). The van der Waals surface area contributed by atoms with Crippen LogP contribution < -0.4 is 5.32 Å². The molecule has 1 aromatic heterocycles. The van der Waals surface area contributed by atoms with Crippen LogP contribution in [-0.2, 0) is 0 Å². The molecule has 0 bridgehead atoms. The van der Waals surface area contributed by atoms with E-state index in [0.717, 1.165) is 27.8 Å². The van der Waals surface area contributed by atoms with Crippen molar-refractivity contribution in [2.45, 2.75) is 19.9 Å². The predicted octanol–water partition coefficient (Wildman–Crippen LogP) is 4.86. The van der Waals surface area contributed by atoms with Gasteiger partial charge in [-0.25, -0.2) is 4.39 Å². The van der Waals surface area contributed by atoms with Crippen molar-refractivity contribution < 1.29 is 4.39 Å². The molecule has 3 heteroatoms. The summed E-state index contributed by atoms with van der Waals surface area (Å²) < 4.78 is 13.0. The fourth-order valence-corrected chi connectivity index (χ4v) is 2.50. The maximum absolute atomic E-state index is 13.0. The SMILES string of the molecule is Cc1cc(NC(C)c2ccc(F)cc2)c2ccccc2n1. The Morgan fingerprint density at radius 2 is 1.76 bits per heavy atom. The van der Waals surface area contributed by atoms with Crippen LogP contribution in [-0.4, -0.2) is 4.98 Å². The summed E-state index contributed by atoms with van der Waals surface area (Å²) in [5.74, 6) is -0.212. The van der Waals surface area contributed by atoms with Crippen LogP contribution in [0.3, 0.4) is 0 Å². The molecular formula is C18H17FN2. The van der Waals surface area contributed by atoms with E-state index in [0.29, 0.717) is 0 Å². The topological polar surface area (TPSA) is 24.9 Å². The molecule has 0 saturated carbocycles. The molecule has 0 spiro atoms. The van der Waals surface area contributed by atoms with Crippen molar-refractivity contribution in [1.82, 2.24) is 4.98 Å². The zero-order valence-electron chi connectivity index (χ0n) is 12.1. The number of para-hydroxylation sites is 1. The third-order valence-electron chi connectivity index (χ3n) is 3.59. The maximum Gasteiger partial charge on any atom is 0.123 e. The Morgan fingerprint density at radius 1 is 1.05 bits per heavy atom. The Balaban J connectivity index is 1.95. The van der Waals surface area contributed by atoms with Gasteiger partial charge in [-0.1, -0.05) is 30.3 Å². The van der Waals surface area contributed by atoms with Gasteiger partial charge in [0.15, 0.2) is 0 Å². The molecule has 2 nitrogen and oxygen atoms in total. The van der Waals surface area contributed by atoms with E-state index in [1.165, 1.54) is 12.1 Å². The highest BCUT2D eigenvalue weighted by Crippen LogP contribution is 2.27. The van der Waals surface area contributed by atoms with Gasteiger partial charge in [0.1, 0.15) is 5.82 Å². The molecule has 0 aliphatic carbocycles. The number of aryl methyl sites for hydroxylation is 1. The van der Waals surface area contributed by atoms with Gasteiger partial charge < -0.3 is 5.32 Å². The number of hydrogen-bond donors (Lipinski definition) is 1. The summed E-state index contributed by atoms with van der Waals surface area (Å²) in [6, 6.07) is 16.8. The lowest BCUT2D eigenvalue weighted by molar-refractivity contribution is 0.626. The van der Waals surface area contributed by atoms with Crippen molar-refractivity contribution in [3.8, 4) is 0 Å². The van der Waals surface area contributed by atoms with Crippen LogP contribution in [0.1, 0.15) is 24.2 Å². The van der Waals surface area contributed by atoms with Gasteiger partial charge >= 0.3 is 0 Å². The first-order valence-electron chi connectivity index (χ1n) is 7.02. The summed E-state index contributed by atoms with van der Waals surface area (Å²) in [7, 11) is 0. The zero-order valence-corrected chi connectivity index (χ0v) is 12.1. The molecule has 1 atom stereocenters. The summed E-state index contributed by atoms with van der Waals surface area (Å²) in [4.78, 5) is 4.54. The van der Waals surface area contributed by atoms with E-state index in [1.807, 2.05) is 43.3 Å². The maximum atomic E-state index is 13.0. The first-order chi connectivity index (χ1) is 10.1. The third kappa shape index (κ3) is 2.87. The van der Waals surface area contributed by atoms with Crippen LogP contribution in [0, 0.1) is 12.7 Å². The van der Waals surface area contributed by atoms with E-state index in [1.54, 1.807) is 0 Å². The summed E-state index contributed by atoms with van der Waals surface area (Å²) in [5.41, 5.74) is 4.05. The summed E-state index contributed by atoms with van der Waals surface area (Å²) in [6.07, 6.45) is 0. The van der Waals surface area contributed by atoms with Crippen LogP contribution in [0.15, 0.2) is 54.6 Å². The van der Waals surface area contributed by atoms with Gasteiger partial charge in [-0.05, 0) is 43.7 Å². The Labute approximate surface area is 123 Å². The molecule has 21 heavy (non-hydrogen) atoms. The van der Waals surface area contributed by atoms with Gasteiger partial charge in [-0.2, -0.15) is 0 Å². The molecule has 0 fully saturated rings. The highest BCUT2D eigenvalue weighted by Gasteiger charge is 2.09. The molecule has 106 valence electrons. The number of hydrogen-bond acceptors (Lipinski definition) is 2. The number of anilines is 1. The van der Waals surface area contributed by atoms with E-state index in [9.17, 15) is 4.39 Å². The standard InChI is InChI=1S/C18H17FN2/c1-12-11-18(16-5-3-4-6-17(16)20-12)21-13(2)14-7-9-15(19)10-8-14/h3-11,13H,1-2H3,(H,20,21). The molecule has 1 unspecified atom stereocenters. The highest BCUT2D eigenvalue weighted by molar-refractivity contribution is 5.91. The fraction of sp³-hybridized carbons (Fsp3) is 0.167. The Bertz CT molecular complexity index is 766. The number of fused-ring (bicyclic) bond motifs is 1. The molecule has 2 aromatic carbocycles. The number of rotatable bonds is 3. The van der Waals surface area contributed by atoms with Crippen molar-refractivity contribution in [2.75, 3.05) is 5.32 Å². The molecular weight excluding hydrogens is 263 g/mol. The average Bonchev–Trinajstić information content (AvgIpc) is 2.47. The van der Waals surface area contributed by atoms with Crippen LogP contribution in [0.25, 0.3) is 10.9 Å². The lowest BCUT2D eigenvalue weighted by Crippen LogP contribution is -2.07. The van der Waals surface area contributed by atoms with Crippen molar-refractivity contribution in [3.05, 3.63) is 71.7 Å². The predicted molar refractivity (Wildman–Crippen MR) is 84.9 cm³/mol. The Hall–Kier alpha value is -2.42. The lowest BCUT2D eigenvalue weighted by Gasteiger charge is -2.17. The van der Waals surface area contributed by atoms with Gasteiger partial charge in [0, 0.05) is 22.8 Å². The van der Waals surface area contributed by atoms with E-state index >= 15 is 0 Å². The van der Waals surface area contributed by atoms with Crippen LogP contribution >= 0.6 is 0 Å². The van der Waals surface area contributed by atoms with Crippen LogP contribution in [0.4, 0.5) is 10.1 Å². The van der Waals surface area contributed by atoms with E-state index in [4.69, 9.17) is 0 Å². The minimum absolute atomic E-state index is 0.0933. The van der Waals surface area contributed by atoms with Gasteiger partial charge in [-0.15, -0.1) is 0 Å². The largest absolute Gasteiger partial charge is 0.378 e. The Morgan fingerprint density at radius 3 is 2.52 bits per heavy atom. The second kappa shape index (κ2) is 5.52. The van der Waals surface area contributed by atoms with Crippen LogP contribution in [0.2, 0.25) is 0 Å². The number of halogens is 1. The summed E-state index contributed by atoms with van der Waals surface area (Å²) >= 11 is 0.